The van der Waals surface area contributed by atoms with Gasteiger partial charge >= 0.3 is 0 Å². The molecule has 130 valence electrons. The lowest BCUT2D eigenvalue weighted by atomic mass is 10.0. The number of hydrogen-bond acceptors (Lipinski definition) is 2. The Morgan fingerprint density at radius 2 is 1.92 bits per heavy atom. The molecule has 2 heterocycles. The van der Waals surface area contributed by atoms with Crippen molar-refractivity contribution >= 4 is 0 Å². The summed E-state index contributed by atoms with van der Waals surface area (Å²) in [5.74, 6) is 7.95. The van der Waals surface area contributed by atoms with E-state index in [-0.39, 0.29) is 6.61 Å². The van der Waals surface area contributed by atoms with Crippen LogP contribution in [0.2, 0.25) is 0 Å². The van der Waals surface area contributed by atoms with Gasteiger partial charge in [-0.3, -0.25) is 0 Å². The molecule has 0 spiro atoms. The van der Waals surface area contributed by atoms with Crippen LogP contribution in [-0.4, -0.2) is 21.3 Å². The Morgan fingerprint density at radius 1 is 1.12 bits per heavy atom. The van der Waals surface area contributed by atoms with Crippen molar-refractivity contribution in [3.8, 4) is 23.1 Å². The first kappa shape index (κ1) is 16.6. The summed E-state index contributed by atoms with van der Waals surface area (Å²) >= 11 is 0. The summed E-state index contributed by atoms with van der Waals surface area (Å²) in [6, 6.07) is 16.4. The molecule has 0 bridgehead atoms. The standard InChI is InChI=1S/C23H22N2O/c1-17-4-2-3-5-20(17)10-6-18-7-11-21(12-8-18)22-15-25-14-19(16-26)9-13-23(25)24-22/h2-5,7-8,11-12,15,19,26H,9,13-14,16H2,1H3. The number of nitrogens with zero attached hydrogens (tertiary/aromatic N) is 2. The summed E-state index contributed by atoms with van der Waals surface area (Å²) in [6.07, 6.45) is 4.05. The molecule has 1 aromatic heterocycles. The fraction of sp³-hybridized carbons (Fsp3) is 0.261. The molecule has 3 heteroatoms. The average Bonchev–Trinajstić information content (AvgIpc) is 3.11. The van der Waals surface area contributed by atoms with Crippen LogP contribution in [0.5, 0.6) is 0 Å². The fourth-order valence-electron chi connectivity index (χ4n) is 3.38. The van der Waals surface area contributed by atoms with Crippen LogP contribution in [0.1, 0.15) is 28.9 Å². The average molecular weight is 342 g/mol. The largest absolute Gasteiger partial charge is 0.396 e. The maximum absolute atomic E-state index is 9.37. The molecule has 1 aliphatic heterocycles. The second kappa shape index (κ2) is 7.19. The van der Waals surface area contributed by atoms with Crippen LogP contribution in [0, 0.1) is 24.7 Å². The maximum atomic E-state index is 9.37. The molecule has 2 aromatic carbocycles. The molecule has 0 saturated carbocycles. The number of aliphatic hydroxyl groups is 1. The van der Waals surface area contributed by atoms with Crippen molar-refractivity contribution in [1.82, 2.24) is 9.55 Å². The Hall–Kier alpha value is -2.83. The van der Waals surface area contributed by atoms with Crippen molar-refractivity contribution in [3.63, 3.8) is 0 Å². The Kier molecular flexibility index (Phi) is 4.60. The zero-order chi connectivity index (χ0) is 17.9. The molecule has 1 aliphatic rings. The molecular weight excluding hydrogens is 320 g/mol. The van der Waals surface area contributed by atoms with Gasteiger partial charge in [0.1, 0.15) is 5.82 Å². The van der Waals surface area contributed by atoms with Crippen LogP contribution in [0.4, 0.5) is 0 Å². The third kappa shape index (κ3) is 3.42. The van der Waals surface area contributed by atoms with Gasteiger partial charge in [0, 0.05) is 48.4 Å². The van der Waals surface area contributed by atoms with E-state index in [2.05, 4.69) is 59.9 Å². The van der Waals surface area contributed by atoms with Crippen molar-refractivity contribution in [2.45, 2.75) is 26.3 Å². The van der Waals surface area contributed by atoms with Gasteiger partial charge in [-0.15, -0.1) is 0 Å². The highest BCUT2D eigenvalue weighted by molar-refractivity contribution is 5.60. The SMILES string of the molecule is Cc1ccccc1C#Cc1ccc(-c2cn3c(n2)CCC(CO)C3)cc1. The first-order valence-corrected chi connectivity index (χ1v) is 9.08. The molecule has 26 heavy (non-hydrogen) atoms. The quantitative estimate of drug-likeness (QED) is 0.719. The number of aliphatic hydroxyl groups excluding tert-OH is 1. The number of hydrogen-bond donors (Lipinski definition) is 1. The molecule has 0 fully saturated rings. The molecule has 4 rings (SSSR count). The summed E-state index contributed by atoms with van der Waals surface area (Å²) in [6.45, 7) is 3.19. The fourth-order valence-corrected chi connectivity index (χ4v) is 3.38. The Labute approximate surface area is 154 Å². The molecule has 0 radical (unpaired) electrons. The van der Waals surface area contributed by atoms with Crippen molar-refractivity contribution in [2.24, 2.45) is 5.92 Å². The van der Waals surface area contributed by atoms with E-state index in [1.807, 2.05) is 18.2 Å². The van der Waals surface area contributed by atoms with Crippen LogP contribution < -0.4 is 0 Å². The van der Waals surface area contributed by atoms with E-state index in [9.17, 15) is 5.11 Å². The lowest BCUT2D eigenvalue weighted by molar-refractivity contribution is 0.190. The highest BCUT2D eigenvalue weighted by Gasteiger charge is 2.20. The number of aryl methyl sites for hydroxylation is 2. The lowest BCUT2D eigenvalue weighted by Gasteiger charge is -2.21. The third-order valence-electron chi connectivity index (χ3n) is 5.02. The van der Waals surface area contributed by atoms with Crippen LogP contribution in [0.3, 0.4) is 0 Å². The van der Waals surface area contributed by atoms with Crippen molar-refractivity contribution in [2.75, 3.05) is 6.61 Å². The number of imidazole rings is 1. The minimum Gasteiger partial charge on any atom is -0.396 e. The van der Waals surface area contributed by atoms with Crippen molar-refractivity contribution < 1.29 is 5.11 Å². The molecule has 1 N–H and O–H groups in total. The summed E-state index contributed by atoms with van der Waals surface area (Å²) < 4.78 is 2.19. The molecule has 0 amide bonds. The van der Waals surface area contributed by atoms with Crippen molar-refractivity contribution in [1.29, 1.82) is 0 Å². The smallest absolute Gasteiger partial charge is 0.109 e. The highest BCUT2D eigenvalue weighted by atomic mass is 16.3. The monoisotopic (exact) mass is 342 g/mol. The molecule has 0 aliphatic carbocycles. The number of rotatable bonds is 2. The highest BCUT2D eigenvalue weighted by Crippen LogP contribution is 2.25. The van der Waals surface area contributed by atoms with E-state index in [1.54, 1.807) is 0 Å². The molecule has 1 unspecified atom stereocenters. The molecule has 3 nitrogen and oxygen atoms in total. The van der Waals surface area contributed by atoms with Gasteiger partial charge in [-0.25, -0.2) is 4.98 Å². The van der Waals surface area contributed by atoms with Crippen LogP contribution in [0.15, 0.2) is 54.7 Å². The molecule has 3 aromatic rings. The second-order valence-electron chi connectivity index (χ2n) is 6.92. The molecular formula is C23H22N2O. The lowest BCUT2D eigenvalue weighted by Crippen LogP contribution is -2.22. The predicted octanol–water partition coefficient (Wildman–Crippen LogP) is 3.81. The van der Waals surface area contributed by atoms with E-state index < -0.39 is 0 Å². The van der Waals surface area contributed by atoms with Crippen LogP contribution in [0.25, 0.3) is 11.3 Å². The van der Waals surface area contributed by atoms with Crippen LogP contribution in [-0.2, 0) is 13.0 Å². The van der Waals surface area contributed by atoms with E-state index in [4.69, 9.17) is 4.98 Å². The van der Waals surface area contributed by atoms with Gasteiger partial charge in [-0.05, 0) is 37.1 Å². The van der Waals surface area contributed by atoms with Gasteiger partial charge < -0.3 is 9.67 Å². The Balaban J connectivity index is 1.54. The van der Waals surface area contributed by atoms with E-state index in [1.165, 1.54) is 5.56 Å². The van der Waals surface area contributed by atoms with Crippen molar-refractivity contribution in [3.05, 3.63) is 77.2 Å². The Morgan fingerprint density at radius 3 is 2.69 bits per heavy atom. The second-order valence-corrected chi connectivity index (χ2v) is 6.92. The van der Waals surface area contributed by atoms with E-state index in [0.29, 0.717) is 5.92 Å². The molecule has 1 atom stereocenters. The molecule has 0 saturated heterocycles. The van der Waals surface area contributed by atoms with Gasteiger partial charge in [-0.2, -0.15) is 0 Å². The topological polar surface area (TPSA) is 38.0 Å². The van der Waals surface area contributed by atoms with E-state index >= 15 is 0 Å². The van der Waals surface area contributed by atoms with Gasteiger partial charge in [0.15, 0.2) is 0 Å². The minimum absolute atomic E-state index is 0.251. The zero-order valence-corrected chi connectivity index (χ0v) is 14.9. The number of aromatic nitrogens is 2. The van der Waals surface area contributed by atoms with E-state index in [0.717, 1.165) is 47.6 Å². The van der Waals surface area contributed by atoms with Gasteiger partial charge in [0.05, 0.1) is 5.69 Å². The first-order valence-electron chi connectivity index (χ1n) is 9.08. The Bertz CT molecular complexity index is 973. The summed E-state index contributed by atoms with van der Waals surface area (Å²) in [5, 5.41) is 9.37. The van der Waals surface area contributed by atoms with Gasteiger partial charge in [0.25, 0.3) is 0 Å². The maximum Gasteiger partial charge on any atom is 0.109 e. The van der Waals surface area contributed by atoms with Gasteiger partial charge in [0.2, 0.25) is 0 Å². The third-order valence-corrected chi connectivity index (χ3v) is 5.02. The van der Waals surface area contributed by atoms with Crippen LogP contribution >= 0.6 is 0 Å². The minimum atomic E-state index is 0.251. The summed E-state index contributed by atoms with van der Waals surface area (Å²) in [5.41, 5.74) is 5.37. The number of benzene rings is 2. The summed E-state index contributed by atoms with van der Waals surface area (Å²) in [7, 11) is 0. The van der Waals surface area contributed by atoms with Gasteiger partial charge in [-0.1, -0.05) is 42.2 Å². The predicted molar refractivity (Wildman–Crippen MR) is 104 cm³/mol. The first-order chi connectivity index (χ1) is 12.7. The normalized spacial score (nSPS) is 15.8. The zero-order valence-electron chi connectivity index (χ0n) is 14.9. The number of fused-ring (bicyclic) bond motifs is 1. The summed E-state index contributed by atoms with van der Waals surface area (Å²) in [4.78, 5) is 4.77.